The van der Waals surface area contributed by atoms with Gasteiger partial charge >= 0.3 is 0 Å². The summed E-state index contributed by atoms with van der Waals surface area (Å²) >= 11 is 0. The third-order valence-electron chi connectivity index (χ3n) is 6.47. The van der Waals surface area contributed by atoms with Gasteiger partial charge in [-0.1, -0.05) is 0 Å². The molecule has 1 saturated heterocycles. The first-order chi connectivity index (χ1) is 9.76. The van der Waals surface area contributed by atoms with E-state index in [1.165, 1.54) is 6.42 Å². The molecule has 6 heteroatoms. The molecular formula is C15H24O5S. The van der Waals surface area contributed by atoms with Crippen molar-refractivity contribution < 1.29 is 22.1 Å². The molecule has 4 unspecified atom stereocenters. The maximum absolute atomic E-state index is 11.4. The molecular weight excluding hydrogens is 292 g/mol. The van der Waals surface area contributed by atoms with Gasteiger partial charge in [0.15, 0.2) is 5.79 Å². The van der Waals surface area contributed by atoms with Gasteiger partial charge in [0, 0.05) is 5.41 Å². The third-order valence-corrected chi connectivity index (χ3v) is 7.01. The van der Waals surface area contributed by atoms with Crippen molar-refractivity contribution in [3.05, 3.63) is 0 Å². The Morgan fingerprint density at radius 1 is 1.19 bits per heavy atom. The summed E-state index contributed by atoms with van der Waals surface area (Å²) in [5, 5.41) is 0. The molecule has 4 bridgehead atoms. The van der Waals surface area contributed by atoms with Crippen molar-refractivity contribution in [1.29, 1.82) is 0 Å². The minimum absolute atomic E-state index is 0.00718. The fraction of sp³-hybridized carbons (Fsp3) is 1.00. The van der Waals surface area contributed by atoms with Gasteiger partial charge in [-0.2, -0.15) is 8.42 Å². The van der Waals surface area contributed by atoms with Crippen LogP contribution in [0.1, 0.15) is 39.0 Å². The lowest BCUT2D eigenvalue weighted by Gasteiger charge is -2.46. The first-order valence-electron chi connectivity index (χ1n) is 7.88. The molecule has 5 aliphatic rings. The van der Waals surface area contributed by atoms with Crippen molar-refractivity contribution >= 4 is 10.1 Å². The van der Waals surface area contributed by atoms with E-state index in [0.717, 1.165) is 31.9 Å². The number of hydrogen-bond donors (Lipinski definition) is 0. The van der Waals surface area contributed by atoms with E-state index < -0.39 is 15.9 Å². The molecule has 5 nitrogen and oxygen atoms in total. The molecule has 4 aliphatic carbocycles. The number of ether oxygens (including phenoxy) is 2. The second kappa shape index (κ2) is 4.22. The zero-order chi connectivity index (χ0) is 14.9. The lowest BCUT2D eigenvalue weighted by Crippen LogP contribution is -2.49. The molecule has 21 heavy (non-hydrogen) atoms. The van der Waals surface area contributed by atoms with Crippen LogP contribution >= 0.6 is 0 Å². The van der Waals surface area contributed by atoms with Crippen molar-refractivity contribution in [1.82, 2.24) is 0 Å². The van der Waals surface area contributed by atoms with E-state index in [9.17, 15) is 8.42 Å². The van der Waals surface area contributed by atoms with Crippen LogP contribution in [0.3, 0.4) is 0 Å². The molecule has 4 saturated carbocycles. The first kappa shape index (κ1) is 14.4. The smallest absolute Gasteiger partial charge is 0.264 e. The Balaban J connectivity index is 1.62. The van der Waals surface area contributed by atoms with Crippen LogP contribution in [0.5, 0.6) is 0 Å². The van der Waals surface area contributed by atoms with Gasteiger partial charge in [-0.25, -0.2) is 0 Å². The van der Waals surface area contributed by atoms with Gasteiger partial charge in [-0.15, -0.1) is 0 Å². The van der Waals surface area contributed by atoms with Gasteiger partial charge in [0.05, 0.1) is 26.1 Å². The van der Waals surface area contributed by atoms with Gasteiger partial charge < -0.3 is 9.47 Å². The van der Waals surface area contributed by atoms with E-state index in [4.69, 9.17) is 13.7 Å². The summed E-state index contributed by atoms with van der Waals surface area (Å²) in [4.78, 5) is 0. The Morgan fingerprint density at radius 3 is 2.57 bits per heavy atom. The van der Waals surface area contributed by atoms with Crippen molar-refractivity contribution in [2.24, 2.45) is 22.7 Å². The maximum Gasteiger partial charge on any atom is 0.264 e. The highest BCUT2D eigenvalue weighted by Gasteiger charge is 2.71. The van der Waals surface area contributed by atoms with Crippen LogP contribution in [0, 0.1) is 22.7 Å². The van der Waals surface area contributed by atoms with E-state index in [0.29, 0.717) is 31.7 Å². The molecule has 1 aliphatic heterocycles. The SMILES string of the molecule is CC1(C23CC4CC2CC(COS(C)(=O)=O)(C4)C3)OCCO1. The van der Waals surface area contributed by atoms with Crippen LogP contribution in [0.15, 0.2) is 0 Å². The Bertz CT molecular complexity index is 552. The zero-order valence-electron chi connectivity index (χ0n) is 12.8. The minimum Gasteiger partial charge on any atom is -0.347 e. The van der Waals surface area contributed by atoms with Crippen molar-refractivity contribution in [2.75, 3.05) is 26.1 Å². The van der Waals surface area contributed by atoms with Crippen LogP contribution in [-0.4, -0.2) is 40.3 Å². The molecule has 0 N–H and O–H groups in total. The van der Waals surface area contributed by atoms with Gasteiger partial charge in [-0.05, 0) is 56.3 Å². The maximum atomic E-state index is 11.4. The molecule has 4 atom stereocenters. The largest absolute Gasteiger partial charge is 0.347 e. The summed E-state index contributed by atoms with van der Waals surface area (Å²) in [5.41, 5.74) is 0.0700. The molecule has 0 aromatic rings. The second-order valence-corrected chi connectivity index (χ2v) is 9.50. The molecule has 5 fully saturated rings. The molecule has 0 amide bonds. The Labute approximate surface area is 126 Å². The monoisotopic (exact) mass is 316 g/mol. The van der Waals surface area contributed by atoms with Gasteiger partial charge in [-0.3, -0.25) is 4.18 Å². The summed E-state index contributed by atoms with van der Waals surface area (Å²) in [7, 11) is -3.37. The van der Waals surface area contributed by atoms with E-state index in [-0.39, 0.29) is 10.8 Å². The average molecular weight is 316 g/mol. The Morgan fingerprint density at radius 2 is 1.90 bits per heavy atom. The fourth-order valence-electron chi connectivity index (χ4n) is 6.00. The molecule has 120 valence electrons. The Hall–Kier alpha value is -0.170. The number of rotatable bonds is 4. The molecule has 0 aromatic carbocycles. The van der Waals surface area contributed by atoms with Gasteiger partial charge in [0.1, 0.15) is 0 Å². The van der Waals surface area contributed by atoms with Crippen molar-refractivity contribution in [2.45, 2.75) is 44.8 Å². The van der Waals surface area contributed by atoms with Crippen LogP contribution in [0.25, 0.3) is 0 Å². The summed E-state index contributed by atoms with van der Waals surface area (Å²) in [5.74, 6) is 0.771. The topological polar surface area (TPSA) is 61.8 Å². The molecule has 0 aromatic heterocycles. The Kier molecular flexibility index (Phi) is 2.90. The van der Waals surface area contributed by atoms with E-state index in [1.807, 2.05) is 0 Å². The van der Waals surface area contributed by atoms with Crippen molar-refractivity contribution in [3.8, 4) is 0 Å². The van der Waals surface area contributed by atoms with Gasteiger partial charge in [0.25, 0.3) is 10.1 Å². The standard InChI is InChI=1S/C15H24O5S/c1-13(18-3-4-19-13)15-7-11-5-12(15)8-14(6-11,9-15)10-20-21(2,16)17/h11-12H,3-10H2,1-2H3. The third kappa shape index (κ3) is 2.02. The predicted octanol–water partition coefficient (Wildman–Crippen LogP) is 1.92. The van der Waals surface area contributed by atoms with Gasteiger partial charge in [0.2, 0.25) is 0 Å². The van der Waals surface area contributed by atoms with Crippen LogP contribution in [-0.2, 0) is 23.8 Å². The summed E-state index contributed by atoms with van der Waals surface area (Å²) < 4.78 is 39.9. The first-order valence-corrected chi connectivity index (χ1v) is 9.70. The quantitative estimate of drug-likeness (QED) is 0.742. The highest BCUT2D eigenvalue weighted by molar-refractivity contribution is 7.85. The fourth-order valence-corrected chi connectivity index (χ4v) is 6.46. The minimum atomic E-state index is -3.37. The molecule has 0 radical (unpaired) electrons. The lowest BCUT2D eigenvalue weighted by atomic mass is 9.65. The summed E-state index contributed by atoms with van der Waals surface area (Å²) in [6.45, 7) is 3.76. The lowest BCUT2D eigenvalue weighted by molar-refractivity contribution is -0.237. The summed E-state index contributed by atoms with van der Waals surface area (Å²) in [6.07, 6.45) is 6.67. The highest BCUT2D eigenvalue weighted by Crippen LogP contribution is 2.74. The molecule has 5 rings (SSSR count). The van der Waals surface area contributed by atoms with Crippen molar-refractivity contribution in [3.63, 3.8) is 0 Å². The second-order valence-electron chi connectivity index (χ2n) is 7.85. The summed E-state index contributed by atoms with van der Waals surface area (Å²) in [6, 6.07) is 0. The van der Waals surface area contributed by atoms with Crippen LogP contribution in [0.2, 0.25) is 0 Å². The molecule has 1 heterocycles. The van der Waals surface area contributed by atoms with E-state index in [2.05, 4.69) is 6.92 Å². The normalized spacial score (nSPS) is 47.3. The zero-order valence-corrected chi connectivity index (χ0v) is 13.6. The van der Waals surface area contributed by atoms with E-state index in [1.54, 1.807) is 0 Å². The highest BCUT2D eigenvalue weighted by atomic mass is 32.2. The average Bonchev–Trinajstić information content (AvgIpc) is 2.98. The predicted molar refractivity (Wildman–Crippen MR) is 76.0 cm³/mol. The van der Waals surface area contributed by atoms with E-state index >= 15 is 0 Å². The number of hydrogen-bond acceptors (Lipinski definition) is 5. The van der Waals surface area contributed by atoms with Crippen LogP contribution in [0.4, 0.5) is 0 Å². The van der Waals surface area contributed by atoms with Crippen LogP contribution < -0.4 is 0 Å². The molecule has 0 spiro atoms.